The van der Waals surface area contributed by atoms with Gasteiger partial charge in [-0.2, -0.15) is 0 Å². The fourth-order valence-corrected chi connectivity index (χ4v) is 4.45. The predicted molar refractivity (Wildman–Crippen MR) is 115 cm³/mol. The van der Waals surface area contributed by atoms with Crippen LogP contribution in [0.5, 0.6) is 11.5 Å². The second-order valence-electron chi connectivity index (χ2n) is 7.15. The van der Waals surface area contributed by atoms with E-state index < -0.39 is 5.41 Å². The van der Waals surface area contributed by atoms with Crippen molar-refractivity contribution in [2.75, 3.05) is 12.0 Å². The SMILES string of the molecule is COc1cc(O)ccc1CN1C(=O)C(C)(c2ccccc2Cl)c2cc(Cl)ccc21. The van der Waals surface area contributed by atoms with Gasteiger partial charge in [-0.1, -0.05) is 41.4 Å². The summed E-state index contributed by atoms with van der Waals surface area (Å²) in [6.45, 7) is 2.16. The van der Waals surface area contributed by atoms with Crippen LogP contribution >= 0.6 is 23.2 Å². The summed E-state index contributed by atoms with van der Waals surface area (Å²) in [5.41, 5.74) is 2.12. The van der Waals surface area contributed by atoms with Crippen LogP contribution in [0.2, 0.25) is 10.0 Å². The second-order valence-corrected chi connectivity index (χ2v) is 8.00. The van der Waals surface area contributed by atoms with Gasteiger partial charge in [-0.25, -0.2) is 0 Å². The smallest absolute Gasteiger partial charge is 0.242 e. The van der Waals surface area contributed by atoms with Gasteiger partial charge in [0.25, 0.3) is 0 Å². The number of rotatable bonds is 4. The lowest BCUT2D eigenvalue weighted by atomic mass is 9.77. The first kappa shape index (κ1) is 19.6. The monoisotopic (exact) mass is 427 g/mol. The van der Waals surface area contributed by atoms with Crippen LogP contribution in [-0.2, 0) is 16.8 Å². The summed E-state index contributed by atoms with van der Waals surface area (Å²) in [7, 11) is 1.53. The first-order chi connectivity index (χ1) is 13.9. The lowest BCUT2D eigenvalue weighted by molar-refractivity contribution is -0.121. The van der Waals surface area contributed by atoms with Crippen molar-refractivity contribution in [2.45, 2.75) is 18.9 Å². The Hall–Kier alpha value is -2.69. The number of anilines is 1. The highest BCUT2D eigenvalue weighted by molar-refractivity contribution is 6.32. The molecule has 0 bridgehead atoms. The quantitative estimate of drug-likeness (QED) is 0.592. The third-order valence-corrected chi connectivity index (χ3v) is 6.04. The molecule has 0 aromatic heterocycles. The van der Waals surface area contributed by atoms with Crippen molar-refractivity contribution in [1.82, 2.24) is 0 Å². The number of aromatic hydroxyl groups is 1. The molecule has 1 heterocycles. The average Bonchev–Trinajstić information content (AvgIpc) is 2.91. The molecule has 1 atom stereocenters. The fourth-order valence-electron chi connectivity index (χ4n) is 3.96. The number of phenols is 1. The largest absolute Gasteiger partial charge is 0.508 e. The van der Waals surface area contributed by atoms with Crippen molar-refractivity contribution >= 4 is 34.8 Å². The van der Waals surface area contributed by atoms with E-state index in [9.17, 15) is 9.90 Å². The van der Waals surface area contributed by atoms with Gasteiger partial charge in [-0.3, -0.25) is 4.79 Å². The summed E-state index contributed by atoms with van der Waals surface area (Å²) < 4.78 is 5.39. The summed E-state index contributed by atoms with van der Waals surface area (Å²) in [5, 5.41) is 10.8. The normalized spacial score (nSPS) is 18.1. The van der Waals surface area contributed by atoms with E-state index in [-0.39, 0.29) is 18.2 Å². The first-order valence-corrected chi connectivity index (χ1v) is 9.84. The van der Waals surface area contributed by atoms with E-state index >= 15 is 0 Å². The maximum atomic E-state index is 13.8. The topological polar surface area (TPSA) is 49.8 Å². The Bertz CT molecular complexity index is 1120. The number of nitrogens with zero attached hydrogens (tertiary/aromatic N) is 1. The zero-order valence-corrected chi connectivity index (χ0v) is 17.5. The van der Waals surface area contributed by atoms with Gasteiger partial charge in [0.15, 0.2) is 0 Å². The molecule has 4 rings (SSSR count). The molecule has 1 N–H and O–H groups in total. The second kappa shape index (κ2) is 7.29. The molecule has 3 aromatic carbocycles. The molecule has 1 amide bonds. The van der Waals surface area contributed by atoms with Crippen LogP contribution in [-0.4, -0.2) is 18.1 Å². The maximum Gasteiger partial charge on any atom is 0.242 e. The van der Waals surface area contributed by atoms with Gasteiger partial charge >= 0.3 is 0 Å². The van der Waals surface area contributed by atoms with Crippen LogP contribution in [0.3, 0.4) is 0 Å². The van der Waals surface area contributed by atoms with Crippen molar-refractivity contribution in [2.24, 2.45) is 0 Å². The minimum Gasteiger partial charge on any atom is -0.508 e. The van der Waals surface area contributed by atoms with Crippen molar-refractivity contribution in [3.05, 3.63) is 87.4 Å². The number of hydrogen-bond acceptors (Lipinski definition) is 3. The third kappa shape index (κ3) is 3.13. The lowest BCUT2D eigenvalue weighted by Gasteiger charge is -2.26. The Morgan fingerprint density at radius 1 is 1.03 bits per heavy atom. The third-order valence-electron chi connectivity index (χ3n) is 5.47. The molecular formula is C23H19Cl2NO3. The standard InChI is InChI=1S/C23H19Cl2NO3/c1-23(17-5-3-4-6-19(17)25)18-11-15(24)8-10-20(18)26(22(23)28)13-14-7-9-16(27)12-21(14)29-2/h3-12,27H,13H2,1-2H3. The Labute approximate surface area is 179 Å². The zero-order valence-electron chi connectivity index (χ0n) is 15.9. The Morgan fingerprint density at radius 2 is 1.79 bits per heavy atom. The molecule has 148 valence electrons. The van der Waals surface area contributed by atoms with Crippen molar-refractivity contribution in [3.63, 3.8) is 0 Å². The highest BCUT2D eigenvalue weighted by atomic mass is 35.5. The number of halogens is 2. The number of phenolic OH excluding ortho intramolecular Hbond substituents is 1. The van der Waals surface area contributed by atoms with E-state index in [4.69, 9.17) is 27.9 Å². The van der Waals surface area contributed by atoms with Crippen LogP contribution in [0.1, 0.15) is 23.6 Å². The summed E-state index contributed by atoms with van der Waals surface area (Å²) in [6.07, 6.45) is 0. The van der Waals surface area contributed by atoms with E-state index in [2.05, 4.69) is 0 Å². The molecule has 4 nitrogen and oxygen atoms in total. The van der Waals surface area contributed by atoms with E-state index in [0.717, 1.165) is 22.4 Å². The van der Waals surface area contributed by atoms with E-state index in [1.54, 1.807) is 29.2 Å². The van der Waals surface area contributed by atoms with Gasteiger partial charge in [0.2, 0.25) is 5.91 Å². The molecule has 0 aliphatic carbocycles. The van der Waals surface area contributed by atoms with Crippen LogP contribution in [0.4, 0.5) is 5.69 Å². The van der Waals surface area contributed by atoms with Gasteiger partial charge in [0.1, 0.15) is 16.9 Å². The zero-order chi connectivity index (χ0) is 20.8. The highest BCUT2D eigenvalue weighted by Crippen LogP contribution is 2.49. The molecule has 0 fully saturated rings. The molecule has 6 heteroatoms. The van der Waals surface area contributed by atoms with E-state index in [0.29, 0.717) is 15.8 Å². The van der Waals surface area contributed by atoms with Gasteiger partial charge in [-0.05, 0) is 54.4 Å². The molecule has 1 aliphatic heterocycles. The Kier molecular flexibility index (Phi) is 4.93. The Balaban J connectivity index is 1.86. The lowest BCUT2D eigenvalue weighted by Crippen LogP contribution is -2.39. The van der Waals surface area contributed by atoms with Crippen LogP contribution in [0, 0.1) is 0 Å². The molecule has 1 aliphatic rings. The Morgan fingerprint density at radius 3 is 2.52 bits per heavy atom. The van der Waals surface area contributed by atoms with E-state index in [1.807, 2.05) is 37.3 Å². The van der Waals surface area contributed by atoms with Crippen molar-refractivity contribution in [1.29, 1.82) is 0 Å². The van der Waals surface area contributed by atoms with Gasteiger partial charge < -0.3 is 14.7 Å². The number of hydrogen-bond donors (Lipinski definition) is 1. The molecule has 3 aromatic rings. The molecule has 1 unspecified atom stereocenters. The molecule has 0 spiro atoms. The minimum absolute atomic E-state index is 0.0991. The number of amides is 1. The number of carbonyl (C=O) groups is 1. The number of carbonyl (C=O) groups excluding carboxylic acids is 1. The van der Waals surface area contributed by atoms with Gasteiger partial charge in [0.05, 0.1) is 13.7 Å². The number of methoxy groups -OCH3 is 1. The minimum atomic E-state index is -0.970. The van der Waals surface area contributed by atoms with Crippen LogP contribution < -0.4 is 9.64 Å². The molecular weight excluding hydrogens is 409 g/mol. The summed E-state index contributed by atoms with van der Waals surface area (Å²) >= 11 is 12.8. The average molecular weight is 428 g/mol. The highest BCUT2D eigenvalue weighted by Gasteiger charge is 2.49. The molecule has 29 heavy (non-hydrogen) atoms. The molecule has 0 saturated heterocycles. The van der Waals surface area contributed by atoms with E-state index in [1.165, 1.54) is 13.2 Å². The van der Waals surface area contributed by atoms with Gasteiger partial charge in [-0.15, -0.1) is 0 Å². The maximum absolute atomic E-state index is 13.8. The summed E-state index contributed by atoms with van der Waals surface area (Å²) in [5.74, 6) is 0.518. The molecule has 0 radical (unpaired) electrons. The predicted octanol–water partition coefficient (Wildman–Crippen LogP) is 5.56. The first-order valence-electron chi connectivity index (χ1n) is 9.09. The number of fused-ring (bicyclic) bond motifs is 1. The summed E-state index contributed by atoms with van der Waals surface area (Å²) in [6, 6.07) is 17.7. The van der Waals surface area contributed by atoms with Gasteiger partial charge in [0, 0.05) is 27.4 Å². The number of benzene rings is 3. The van der Waals surface area contributed by atoms with Crippen LogP contribution in [0.25, 0.3) is 0 Å². The summed E-state index contributed by atoms with van der Waals surface area (Å²) in [4.78, 5) is 15.5. The van der Waals surface area contributed by atoms with Crippen molar-refractivity contribution < 1.29 is 14.6 Å². The van der Waals surface area contributed by atoms with Crippen LogP contribution in [0.15, 0.2) is 60.7 Å². The van der Waals surface area contributed by atoms with Crippen molar-refractivity contribution in [3.8, 4) is 11.5 Å². The number of ether oxygens (including phenoxy) is 1. The fraction of sp³-hybridized carbons (Fsp3) is 0.174. The molecule has 0 saturated carbocycles.